The van der Waals surface area contributed by atoms with E-state index in [1.54, 1.807) is 41.6 Å². The molecule has 0 N–H and O–H groups in total. The quantitative estimate of drug-likeness (QED) is 0.190. The lowest BCUT2D eigenvalue weighted by Crippen LogP contribution is -2.06. The molecule has 0 fully saturated rings. The fourth-order valence-electron chi connectivity index (χ4n) is 5.23. The minimum Gasteiger partial charge on any atom is -0.496 e. The van der Waals surface area contributed by atoms with Gasteiger partial charge in [-0.2, -0.15) is 0 Å². The van der Waals surface area contributed by atoms with E-state index in [-0.39, 0.29) is 5.78 Å². The van der Waals surface area contributed by atoms with Gasteiger partial charge in [-0.1, -0.05) is 12.1 Å². The average Bonchev–Trinajstić information content (AvgIpc) is 2.93. The second-order valence-electron chi connectivity index (χ2n) is 8.59. The zero-order chi connectivity index (χ0) is 27.7. The predicted octanol–water partition coefficient (Wildman–Crippen LogP) is 6.23. The van der Waals surface area contributed by atoms with Crippen LogP contribution in [0.3, 0.4) is 0 Å². The van der Waals surface area contributed by atoms with Crippen LogP contribution in [0.25, 0.3) is 32.7 Å². The summed E-state index contributed by atoms with van der Waals surface area (Å²) >= 11 is 0. The molecular weight excluding hydrogens is 488 g/mol. The van der Waals surface area contributed by atoms with Crippen LogP contribution >= 0.6 is 0 Å². The van der Waals surface area contributed by atoms with Crippen LogP contribution in [0.1, 0.15) is 22.8 Å². The van der Waals surface area contributed by atoms with Crippen molar-refractivity contribution in [2.75, 3.05) is 49.8 Å². The Bertz CT molecular complexity index is 1550. The van der Waals surface area contributed by atoms with Crippen LogP contribution in [-0.4, -0.2) is 55.6 Å². The molecule has 0 unspecified atom stereocenters. The van der Waals surface area contributed by atoms with E-state index < -0.39 is 0 Å². The molecule has 0 saturated heterocycles. The first kappa shape index (κ1) is 26.7. The third-order valence-electron chi connectivity index (χ3n) is 6.74. The monoisotopic (exact) mass is 520 g/mol. The SMILES string of the molecule is COc1cc(OC)c(-c2c(C)cc(OC)c3c(OC)c4c(OC)cccc4c(OC)c23)c(OC)c1C(C)=O. The summed E-state index contributed by atoms with van der Waals surface area (Å²) in [6.45, 7) is 3.43. The van der Waals surface area contributed by atoms with E-state index in [2.05, 4.69) is 0 Å². The molecule has 0 aliphatic heterocycles. The number of aryl methyl sites for hydroxylation is 1. The van der Waals surface area contributed by atoms with Crippen LogP contribution < -0.4 is 33.2 Å². The maximum atomic E-state index is 12.8. The lowest BCUT2D eigenvalue weighted by molar-refractivity contribution is 0.101. The predicted molar refractivity (Wildman–Crippen MR) is 147 cm³/mol. The Morgan fingerprint density at radius 2 is 1.18 bits per heavy atom. The number of methoxy groups -OCH3 is 7. The highest BCUT2D eigenvalue weighted by Gasteiger charge is 2.31. The molecule has 4 aromatic rings. The Labute approximate surface area is 221 Å². The van der Waals surface area contributed by atoms with Crippen LogP contribution in [0.4, 0.5) is 0 Å². The second-order valence-corrected chi connectivity index (χ2v) is 8.59. The molecule has 0 radical (unpaired) electrons. The van der Waals surface area contributed by atoms with E-state index >= 15 is 0 Å². The summed E-state index contributed by atoms with van der Waals surface area (Å²) in [5.74, 6) is 3.29. The number of ether oxygens (including phenoxy) is 7. The standard InChI is InChI=1S/C30H32O8/c1-15-13-19(33-4)26-27(28(36-7)17-11-10-12-18(32-3)24(17)30(26)38-9)22(15)25-21(35-6)14-20(34-5)23(16(2)31)29(25)37-8/h10-14H,1-9H3. The highest BCUT2D eigenvalue weighted by molar-refractivity contribution is 6.20. The molecule has 4 aromatic carbocycles. The van der Waals surface area contributed by atoms with Crippen molar-refractivity contribution in [1.29, 1.82) is 0 Å². The highest BCUT2D eigenvalue weighted by atomic mass is 16.5. The van der Waals surface area contributed by atoms with Gasteiger partial charge in [0.2, 0.25) is 0 Å². The minimum absolute atomic E-state index is 0.210. The Balaban J connectivity index is 2.40. The number of hydrogen-bond acceptors (Lipinski definition) is 8. The number of hydrogen-bond donors (Lipinski definition) is 0. The Morgan fingerprint density at radius 1 is 0.579 bits per heavy atom. The molecule has 0 heterocycles. The molecule has 0 bridgehead atoms. The number of carbonyl (C=O) groups excluding carboxylic acids is 1. The molecule has 0 atom stereocenters. The maximum Gasteiger partial charge on any atom is 0.167 e. The largest absolute Gasteiger partial charge is 0.496 e. The zero-order valence-corrected chi connectivity index (χ0v) is 23.2. The van der Waals surface area contributed by atoms with Crippen LogP contribution in [0, 0.1) is 6.92 Å². The summed E-state index contributed by atoms with van der Waals surface area (Å²) in [7, 11) is 11.0. The summed E-state index contributed by atoms with van der Waals surface area (Å²) in [5, 5.41) is 2.91. The van der Waals surface area contributed by atoms with Gasteiger partial charge in [-0.15, -0.1) is 0 Å². The summed E-state index contributed by atoms with van der Waals surface area (Å²) in [6, 6.07) is 9.31. The first-order valence-electron chi connectivity index (χ1n) is 11.9. The third-order valence-corrected chi connectivity index (χ3v) is 6.74. The molecule has 0 aromatic heterocycles. The van der Waals surface area contributed by atoms with Gasteiger partial charge in [-0.25, -0.2) is 0 Å². The van der Waals surface area contributed by atoms with Gasteiger partial charge in [0.05, 0.1) is 66.1 Å². The van der Waals surface area contributed by atoms with E-state index in [0.29, 0.717) is 62.1 Å². The summed E-state index contributed by atoms with van der Waals surface area (Å²) in [6.07, 6.45) is 0. The van der Waals surface area contributed by atoms with Crippen LogP contribution in [0.15, 0.2) is 30.3 Å². The van der Waals surface area contributed by atoms with Crippen molar-refractivity contribution in [3.63, 3.8) is 0 Å². The number of benzene rings is 4. The van der Waals surface area contributed by atoms with Crippen molar-refractivity contribution in [2.24, 2.45) is 0 Å². The molecular formula is C30H32O8. The van der Waals surface area contributed by atoms with E-state index in [9.17, 15) is 4.79 Å². The van der Waals surface area contributed by atoms with Gasteiger partial charge >= 0.3 is 0 Å². The molecule has 0 saturated carbocycles. The molecule has 8 nitrogen and oxygen atoms in total. The van der Waals surface area contributed by atoms with Crippen LogP contribution in [0.2, 0.25) is 0 Å². The summed E-state index contributed by atoms with van der Waals surface area (Å²) in [5.41, 5.74) is 2.46. The van der Waals surface area contributed by atoms with Gasteiger partial charge < -0.3 is 33.2 Å². The van der Waals surface area contributed by atoms with Crippen molar-refractivity contribution >= 4 is 27.3 Å². The molecule has 4 rings (SSSR count). The van der Waals surface area contributed by atoms with Gasteiger partial charge in [-0.05, 0) is 31.5 Å². The smallest absolute Gasteiger partial charge is 0.167 e. The lowest BCUT2D eigenvalue weighted by atomic mass is 9.87. The molecule has 0 amide bonds. The first-order valence-corrected chi connectivity index (χ1v) is 11.9. The van der Waals surface area contributed by atoms with Gasteiger partial charge in [0.25, 0.3) is 0 Å². The maximum absolute atomic E-state index is 12.8. The molecule has 0 spiro atoms. The zero-order valence-electron chi connectivity index (χ0n) is 23.2. The van der Waals surface area contributed by atoms with Crippen molar-refractivity contribution in [3.05, 3.63) is 41.5 Å². The van der Waals surface area contributed by atoms with Gasteiger partial charge in [0.1, 0.15) is 45.8 Å². The molecule has 200 valence electrons. The number of ketones is 1. The fourth-order valence-corrected chi connectivity index (χ4v) is 5.23. The number of fused-ring (bicyclic) bond motifs is 2. The average molecular weight is 521 g/mol. The third kappa shape index (κ3) is 3.88. The van der Waals surface area contributed by atoms with Crippen LogP contribution in [-0.2, 0) is 0 Å². The normalized spacial score (nSPS) is 10.9. The van der Waals surface area contributed by atoms with Crippen molar-refractivity contribution in [3.8, 4) is 51.4 Å². The Morgan fingerprint density at radius 3 is 1.71 bits per heavy atom. The van der Waals surface area contributed by atoms with Crippen LogP contribution in [0.5, 0.6) is 40.2 Å². The number of Topliss-reactive ketones (excluding diaryl/α,β-unsaturated/α-hetero) is 1. The highest BCUT2D eigenvalue weighted by Crippen LogP contribution is 2.56. The van der Waals surface area contributed by atoms with Crippen molar-refractivity contribution in [2.45, 2.75) is 13.8 Å². The van der Waals surface area contributed by atoms with E-state index in [1.807, 2.05) is 31.2 Å². The molecule has 0 aliphatic carbocycles. The number of rotatable bonds is 9. The van der Waals surface area contributed by atoms with Gasteiger partial charge in [0, 0.05) is 22.4 Å². The fraction of sp³-hybridized carbons (Fsp3) is 0.300. The van der Waals surface area contributed by atoms with Crippen molar-refractivity contribution < 1.29 is 38.0 Å². The molecule has 0 aliphatic rings. The van der Waals surface area contributed by atoms with Gasteiger partial charge in [-0.3, -0.25) is 4.79 Å². The topological polar surface area (TPSA) is 81.7 Å². The Hall–Kier alpha value is -4.33. The molecule has 8 heteroatoms. The molecule has 38 heavy (non-hydrogen) atoms. The first-order chi connectivity index (χ1) is 18.3. The van der Waals surface area contributed by atoms with E-state index in [4.69, 9.17) is 33.2 Å². The number of carbonyl (C=O) groups is 1. The van der Waals surface area contributed by atoms with E-state index in [1.165, 1.54) is 21.1 Å². The second kappa shape index (κ2) is 10.6. The van der Waals surface area contributed by atoms with Gasteiger partial charge in [0.15, 0.2) is 5.78 Å². The lowest BCUT2D eigenvalue weighted by Gasteiger charge is -2.25. The summed E-state index contributed by atoms with van der Waals surface area (Å²) in [4.78, 5) is 12.8. The minimum atomic E-state index is -0.210. The van der Waals surface area contributed by atoms with E-state index in [0.717, 1.165) is 21.9 Å². The Kier molecular flexibility index (Phi) is 7.44. The summed E-state index contributed by atoms with van der Waals surface area (Å²) < 4.78 is 40.9. The van der Waals surface area contributed by atoms with Crippen molar-refractivity contribution in [1.82, 2.24) is 0 Å².